The van der Waals surface area contributed by atoms with Gasteiger partial charge in [-0.1, -0.05) is 11.3 Å². The number of alkyl halides is 5. The number of anilines is 1. The lowest BCUT2D eigenvalue weighted by Gasteiger charge is -2.19. The number of ether oxygens (including phenoxy) is 1. The Hall–Kier alpha value is -3.55. The Labute approximate surface area is 195 Å². The van der Waals surface area contributed by atoms with E-state index in [9.17, 15) is 22.0 Å². The highest BCUT2D eigenvalue weighted by Crippen LogP contribution is 2.36. The van der Waals surface area contributed by atoms with Crippen LogP contribution >= 0.6 is 0 Å². The van der Waals surface area contributed by atoms with Gasteiger partial charge in [0, 0.05) is 18.3 Å². The summed E-state index contributed by atoms with van der Waals surface area (Å²) in [6.07, 6.45) is -2.90. The summed E-state index contributed by atoms with van der Waals surface area (Å²) in [5, 5.41) is 14.5. The largest absolute Gasteiger partial charge is 0.479 e. The predicted octanol–water partition coefficient (Wildman–Crippen LogP) is 3.63. The van der Waals surface area contributed by atoms with Crippen molar-refractivity contribution in [3.05, 3.63) is 30.5 Å². The fraction of sp³-hybridized carbons (Fsp3) is 0.429. The SMILES string of the molecule is COc1nc(N[C@@H]2CN(C)CC2(F)F)nn2ccc(-c3ccc4nnn([C@H](C)C(F)(F)F)c4c3)c12. The summed E-state index contributed by atoms with van der Waals surface area (Å²) in [6.45, 7) is 0.746. The van der Waals surface area contributed by atoms with Gasteiger partial charge in [-0.3, -0.25) is 4.90 Å². The summed E-state index contributed by atoms with van der Waals surface area (Å²) in [5.41, 5.74) is 2.08. The lowest BCUT2D eigenvalue weighted by molar-refractivity contribution is -0.164. The smallest absolute Gasteiger partial charge is 0.410 e. The Balaban J connectivity index is 1.55. The van der Waals surface area contributed by atoms with Crippen molar-refractivity contribution >= 4 is 22.5 Å². The Morgan fingerprint density at radius 2 is 2.00 bits per heavy atom. The number of fused-ring (bicyclic) bond motifs is 2. The van der Waals surface area contributed by atoms with Gasteiger partial charge in [0.25, 0.3) is 5.92 Å². The van der Waals surface area contributed by atoms with Crippen LogP contribution in [0.15, 0.2) is 30.5 Å². The molecular formula is C21H21F5N8O. The van der Waals surface area contributed by atoms with Gasteiger partial charge >= 0.3 is 6.18 Å². The van der Waals surface area contributed by atoms with E-state index in [1.807, 2.05) is 0 Å². The van der Waals surface area contributed by atoms with Crippen molar-refractivity contribution in [1.29, 1.82) is 0 Å². The molecule has 1 aliphatic heterocycles. The number of rotatable bonds is 5. The van der Waals surface area contributed by atoms with Crippen LogP contribution in [-0.4, -0.2) is 79.9 Å². The molecular weight excluding hydrogens is 475 g/mol. The van der Waals surface area contributed by atoms with Gasteiger partial charge in [0.2, 0.25) is 11.8 Å². The molecule has 35 heavy (non-hydrogen) atoms. The number of halogens is 5. The third-order valence-electron chi connectivity index (χ3n) is 6.08. The number of hydrogen-bond donors (Lipinski definition) is 1. The number of hydrogen-bond acceptors (Lipinski definition) is 7. The second kappa shape index (κ2) is 8.00. The first-order chi connectivity index (χ1) is 16.5. The van der Waals surface area contributed by atoms with E-state index in [4.69, 9.17) is 4.74 Å². The van der Waals surface area contributed by atoms with E-state index in [1.165, 1.54) is 16.5 Å². The van der Waals surface area contributed by atoms with Crippen LogP contribution in [0.3, 0.4) is 0 Å². The van der Waals surface area contributed by atoms with E-state index in [-0.39, 0.29) is 30.4 Å². The summed E-state index contributed by atoms with van der Waals surface area (Å²) in [7, 11) is 2.99. The van der Waals surface area contributed by atoms with Gasteiger partial charge in [-0.2, -0.15) is 18.2 Å². The average molecular weight is 496 g/mol. The lowest BCUT2D eigenvalue weighted by Crippen LogP contribution is -2.38. The van der Waals surface area contributed by atoms with E-state index < -0.39 is 24.2 Å². The minimum Gasteiger partial charge on any atom is -0.479 e. The fourth-order valence-corrected chi connectivity index (χ4v) is 4.24. The molecule has 5 rings (SSSR count). The zero-order valence-electron chi connectivity index (χ0n) is 18.9. The highest BCUT2D eigenvalue weighted by atomic mass is 19.4. The van der Waals surface area contributed by atoms with Crippen molar-refractivity contribution < 1.29 is 26.7 Å². The number of likely N-dealkylation sites (N-methyl/N-ethyl adjacent to an activating group) is 1. The molecule has 186 valence electrons. The monoisotopic (exact) mass is 496 g/mol. The van der Waals surface area contributed by atoms with Gasteiger partial charge in [0.1, 0.15) is 23.1 Å². The number of nitrogens with one attached hydrogen (secondary N) is 1. The second-order valence-corrected chi connectivity index (χ2v) is 8.58. The number of likely N-dealkylation sites (tertiary alicyclic amines) is 1. The van der Waals surface area contributed by atoms with Gasteiger partial charge < -0.3 is 10.1 Å². The van der Waals surface area contributed by atoms with Crippen molar-refractivity contribution in [2.24, 2.45) is 0 Å². The number of benzene rings is 1. The van der Waals surface area contributed by atoms with Crippen molar-refractivity contribution in [1.82, 2.24) is 34.5 Å². The van der Waals surface area contributed by atoms with E-state index in [0.717, 1.165) is 11.6 Å². The Morgan fingerprint density at radius 3 is 2.66 bits per heavy atom. The molecule has 2 atom stereocenters. The lowest BCUT2D eigenvalue weighted by atomic mass is 10.1. The van der Waals surface area contributed by atoms with Crippen LogP contribution in [0.4, 0.5) is 27.9 Å². The van der Waals surface area contributed by atoms with Crippen molar-refractivity contribution in [3.63, 3.8) is 0 Å². The van der Waals surface area contributed by atoms with E-state index >= 15 is 0 Å². The van der Waals surface area contributed by atoms with E-state index in [0.29, 0.717) is 22.2 Å². The van der Waals surface area contributed by atoms with Gasteiger partial charge in [-0.15, -0.1) is 10.2 Å². The Bertz CT molecular complexity index is 1400. The maximum absolute atomic E-state index is 14.3. The molecule has 0 radical (unpaired) electrons. The summed E-state index contributed by atoms with van der Waals surface area (Å²) in [6, 6.07) is 3.46. The molecule has 0 amide bonds. The molecule has 0 aliphatic carbocycles. The molecule has 14 heteroatoms. The molecule has 0 saturated carbocycles. The molecule has 1 N–H and O–H groups in total. The summed E-state index contributed by atoms with van der Waals surface area (Å²) < 4.78 is 76.1. The Kier molecular flexibility index (Phi) is 5.30. The average Bonchev–Trinajstić information content (AvgIpc) is 3.46. The first-order valence-electron chi connectivity index (χ1n) is 10.7. The molecule has 0 unspecified atom stereocenters. The first-order valence-corrected chi connectivity index (χ1v) is 10.7. The zero-order chi connectivity index (χ0) is 25.1. The molecule has 1 aliphatic rings. The molecule has 0 spiro atoms. The van der Waals surface area contributed by atoms with Crippen LogP contribution < -0.4 is 10.1 Å². The Morgan fingerprint density at radius 1 is 1.23 bits per heavy atom. The maximum atomic E-state index is 14.3. The number of nitrogens with zero attached hydrogens (tertiary/aromatic N) is 7. The molecule has 1 saturated heterocycles. The van der Waals surface area contributed by atoms with Crippen molar-refractivity contribution in [3.8, 4) is 17.0 Å². The fourth-order valence-electron chi connectivity index (χ4n) is 4.24. The zero-order valence-corrected chi connectivity index (χ0v) is 18.9. The van der Waals surface area contributed by atoms with Gasteiger partial charge in [0.15, 0.2) is 0 Å². The quantitative estimate of drug-likeness (QED) is 0.423. The molecule has 4 heterocycles. The van der Waals surface area contributed by atoms with Gasteiger partial charge in [-0.25, -0.2) is 18.0 Å². The maximum Gasteiger partial charge on any atom is 0.410 e. The van der Waals surface area contributed by atoms with E-state index in [2.05, 4.69) is 25.7 Å². The predicted molar refractivity (Wildman–Crippen MR) is 117 cm³/mol. The molecule has 1 fully saturated rings. The first kappa shape index (κ1) is 23.2. The number of aromatic nitrogens is 6. The van der Waals surface area contributed by atoms with Crippen LogP contribution in [0, 0.1) is 0 Å². The standard InChI is InChI=1S/C21H21F5N8O/c1-11(21(24,25)26)34-15-8-12(4-5-14(15)29-31-34)13-6-7-33-17(13)18(35-3)28-19(30-33)27-16-9-32(2)10-20(16,22)23/h4-8,11,16H,9-10H2,1-3H3,(H,27,30)/t11-,16-/m1/s1. The minimum absolute atomic E-state index is 0.0341. The highest BCUT2D eigenvalue weighted by molar-refractivity contribution is 5.89. The summed E-state index contributed by atoms with van der Waals surface area (Å²) in [5.74, 6) is -2.87. The molecule has 9 nitrogen and oxygen atoms in total. The van der Waals surface area contributed by atoms with Crippen LogP contribution in [0.5, 0.6) is 5.88 Å². The van der Waals surface area contributed by atoms with E-state index in [1.54, 1.807) is 37.5 Å². The highest BCUT2D eigenvalue weighted by Gasteiger charge is 2.47. The summed E-state index contributed by atoms with van der Waals surface area (Å²) in [4.78, 5) is 5.78. The van der Waals surface area contributed by atoms with Crippen LogP contribution in [-0.2, 0) is 0 Å². The molecule has 1 aromatic carbocycles. The minimum atomic E-state index is -4.50. The van der Waals surface area contributed by atoms with Gasteiger partial charge in [-0.05, 0) is 37.7 Å². The molecule has 0 bridgehead atoms. The third kappa shape index (κ3) is 4.00. The normalized spacial score (nSPS) is 19.5. The van der Waals surface area contributed by atoms with Crippen LogP contribution in [0.2, 0.25) is 0 Å². The molecule has 3 aromatic heterocycles. The second-order valence-electron chi connectivity index (χ2n) is 8.58. The number of methoxy groups -OCH3 is 1. The van der Waals surface area contributed by atoms with Crippen molar-refractivity contribution in [2.75, 3.05) is 32.6 Å². The molecule has 4 aromatic rings. The van der Waals surface area contributed by atoms with Crippen LogP contribution in [0.1, 0.15) is 13.0 Å². The third-order valence-corrected chi connectivity index (χ3v) is 6.08. The topological polar surface area (TPSA) is 85.4 Å². The van der Waals surface area contributed by atoms with Crippen LogP contribution in [0.25, 0.3) is 27.7 Å². The van der Waals surface area contributed by atoms with Crippen molar-refractivity contribution in [2.45, 2.75) is 31.1 Å². The van der Waals surface area contributed by atoms with Gasteiger partial charge in [0.05, 0.1) is 19.2 Å². The summed E-state index contributed by atoms with van der Waals surface area (Å²) >= 11 is 0.